The minimum Gasteiger partial charge on any atom is -0.478 e. The average molecular weight is 305 g/mol. The first-order valence-corrected chi connectivity index (χ1v) is 7.41. The molecule has 0 aliphatic heterocycles. The number of rotatable bonds is 5. The highest BCUT2D eigenvalue weighted by atomic mass is 16.4. The van der Waals surface area contributed by atoms with E-state index in [1.807, 2.05) is 36.7 Å². The number of benzene rings is 2. The van der Waals surface area contributed by atoms with Crippen molar-refractivity contribution in [1.29, 1.82) is 0 Å². The van der Waals surface area contributed by atoms with E-state index in [1.165, 1.54) is 5.56 Å². The summed E-state index contributed by atoms with van der Waals surface area (Å²) in [6, 6.07) is 17.2. The number of carboxylic acid groups (broad SMARTS) is 1. The van der Waals surface area contributed by atoms with Gasteiger partial charge in [-0.25, -0.2) is 9.78 Å². The Labute approximate surface area is 134 Å². The van der Waals surface area contributed by atoms with E-state index in [9.17, 15) is 4.79 Å². The van der Waals surface area contributed by atoms with Crippen LogP contribution in [0.4, 0.5) is 0 Å². The molecule has 2 aromatic carbocycles. The zero-order valence-electron chi connectivity index (χ0n) is 12.6. The van der Waals surface area contributed by atoms with Gasteiger partial charge in [-0.2, -0.15) is 4.57 Å². The number of carboxylic acids is 1. The summed E-state index contributed by atoms with van der Waals surface area (Å²) in [6.45, 7) is 0.783. The molecule has 0 spiro atoms. The summed E-state index contributed by atoms with van der Waals surface area (Å²) in [6.07, 6.45) is 6.32. The Morgan fingerprint density at radius 2 is 1.83 bits per heavy atom. The van der Waals surface area contributed by atoms with E-state index in [2.05, 4.69) is 21.7 Å². The Balaban J connectivity index is 1.77. The Hall–Kier alpha value is -3.01. The van der Waals surface area contributed by atoms with Crippen LogP contribution in [-0.4, -0.2) is 16.1 Å². The molecule has 0 atom stereocenters. The highest BCUT2D eigenvalue weighted by Gasteiger charge is 2.08. The number of hydrogen-bond donors (Lipinski definition) is 1. The average Bonchev–Trinajstić information content (AvgIpc) is 2.56. The smallest absolute Gasteiger partial charge is 0.335 e. The third-order valence-electron chi connectivity index (χ3n) is 3.58. The van der Waals surface area contributed by atoms with Crippen molar-refractivity contribution < 1.29 is 14.5 Å². The maximum atomic E-state index is 11.0. The largest absolute Gasteiger partial charge is 0.478 e. The van der Waals surface area contributed by atoms with Gasteiger partial charge in [0.25, 0.3) is 0 Å². The molecule has 23 heavy (non-hydrogen) atoms. The molecule has 0 radical (unpaired) electrons. The predicted octanol–water partition coefficient (Wildman–Crippen LogP) is 2.71. The van der Waals surface area contributed by atoms with Gasteiger partial charge in [0.05, 0.1) is 11.8 Å². The van der Waals surface area contributed by atoms with Gasteiger partial charge in [0.2, 0.25) is 0 Å². The molecule has 0 unspecified atom stereocenters. The van der Waals surface area contributed by atoms with Crippen LogP contribution in [-0.2, 0) is 13.0 Å². The van der Waals surface area contributed by atoms with Crippen LogP contribution < -0.4 is 4.57 Å². The van der Waals surface area contributed by atoms with Crippen LogP contribution >= 0.6 is 0 Å². The SMILES string of the molecule is O=C(O)c1cccc(Cc2c[n+](Cc3ccccc3)ccn2)c1. The molecule has 114 valence electrons. The maximum Gasteiger partial charge on any atom is 0.335 e. The summed E-state index contributed by atoms with van der Waals surface area (Å²) in [5.74, 6) is -0.910. The van der Waals surface area contributed by atoms with Crippen LogP contribution in [0.2, 0.25) is 0 Å². The molecule has 1 heterocycles. The first-order valence-electron chi connectivity index (χ1n) is 7.41. The van der Waals surface area contributed by atoms with Crippen LogP contribution in [0, 0.1) is 0 Å². The van der Waals surface area contributed by atoms with Gasteiger partial charge in [0.15, 0.2) is 18.9 Å². The first kappa shape index (κ1) is 14.9. The van der Waals surface area contributed by atoms with Gasteiger partial charge < -0.3 is 5.11 Å². The zero-order valence-corrected chi connectivity index (χ0v) is 12.6. The molecule has 1 N–H and O–H groups in total. The van der Waals surface area contributed by atoms with Crippen LogP contribution in [0.1, 0.15) is 27.2 Å². The van der Waals surface area contributed by atoms with Crippen molar-refractivity contribution >= 4 is 5.97 Å². The van der Waals surface area contributed by atoms with Gasteiger partial charge in [-0.15, -0.1) is 0 Å². The summed E-state index contributed by atoms with van der Waals surface area (Å²) < 4.78 is 2.08. The van der Waals surface area contributed by atoms with Gasteiger partial charge in [-0.05, 0) is 17.7 Å². The normalized spacial score (nSPS) is 10.4. The van der Waals surface area contributed by atoms with Crippen molar-refractivity contribution in [2.24, 2.45) is 0 Å². The number of nitrogens with zero attached hydrogens (tertiary/aromatic N) is 2. The molecule has 3 aromatic rings. The summed E-state index contributed by atoms with van der Waals surface area (Å²) >= 11 is 0. The fourth-order valence-electron chi connectivity index (χ4n) is 2.49. The lowest BCUT2D eigenvalue weighted by atomic mass is 10.1. The maximum absolute atomic E-state index is 11.0. The van der Waals surface area contributed by atoms with Crippen molar-refractivity contribution in [2.45, 2.75) is 13.0 Å². The van der Waals surface area contributed by atoms with Gasteiger partial charge in [-0.1, -0.05) is 42.5 Å². The summed E-state index contributed by atoms with van der Waals surface area (Å²) in [4.78, 5) is 15.4. The van der Waals surface area contributed by atoms with E-state index in [0.717, 1.165) is 17.8 Å². The standard InChI is InChI=1S/C19H16N2O2/c22-19(23)17-8-4-7-16(11-17)12-18-14-21(10-9-20-18)13-15-5-2-1-3-6-15/h1-11,14H,12-13H2/p+1. The van der Waals surface area contributed by atoms with Crippen LogP contribution in [0.25, 0.3) is 0 Å². The fourth-order valence-corrected chi connectivity index (χ4v) is 2.49. The van der Waals surface area contributed by atoms with Crippen LogP contribution in [0.15, 0.2) is 73.2 Å². The van der Waals surface area contributed by atoms with E-state index in [-0.39, 0.29) is 0 Å². The Morgan fingerprint density at radius 1 is 1.04 bits per heavy atom. The minimum atomic E-state index is -0.910. The summed E-state index contributed by atoms with van der Waals surface area (Å²) in [7, 11) is 0. The highest BCUT2D eigenvalue weighted by Crippen LogP contribution is 2.09. The lowest BCUT2D eigenvalue weighted by molar-refractivity contribution is -0.689. The molecule has 0 aliphatic carbocycles. The Kier molecular flexibility index (Phi) is 4.43. The lowest BCUT2D eigenvalue weighted by Gasteiger charge is -2.03. The quantitative estimate of drug-likeness (QED) is 0.737. The summed E-state index contributed by atoms with van der Waals surface area (Å²) in [5.41, 5.74) is 3.37. The first-order chi connectivity index (χ1) is 11.2. The van der Waals surface area contributed by atoms with E-state index < -0.39 is 5.97 Å². The zero-order chi connectivity index (χ0) is 16.1. The van der Waals surface area contributed by atoms with E-state index >= 15 is 0 Å². The molecule has 0 fully saturated rings. The van der Waals surface area contributed by atoms with Gasteiger partial charge in [-0.3, -0.25) is 0 Å². The number of aromatic carboxylic acids is 1. The Morgan fingerprint density at radius 3 is 2.61 bits per heavy atom. The third-order valence-corrected chi connectivity index (χ3v) is 3.58. The minimum absolute atomic E-state index is 0.301. The van der Waals surface area contributed by atoms with E-state index in [0.29, 0.717) is 12.0 Å². The van der Waals surface area contributed by atoms with Crippen molar-refractivity contribution in [3.8, 4) is 0 Å². The van der Waals surface area contributed by atoms with Crippen molar-refractivity contribution in [3.63, 3.8) is 0 Å². The second-order valence-electron chi connectivity index (χ2n) is 5.39. The number of hydrogen-bond acceptors (Lipinski definition) is 2. The number of carbonyl (C=O) groups is 1. The molecule has 3 rings (SSSR count). The molecule has 0 aliphatic rings. The van der Waals surface area contributed by atoms with Gasteiger partial charge in [0.1, 0.15) is 5.69 Å². The molecule has 4 heteroatoms. The molecule has 4 nitrogen and oxygen atoms in total. The highest BCUT2D eigenvalue weighted by molar-refractivity contribution is 5.87. The van der Waals surface area contributed by atoms with Gasteiger partial charge in [0, 0.05) is 12.0 Å². The van der Waals surface area contributed by atoms with Crippen molar-refractivity contribution in [3.05, 3.63) is 95.6 Å². The molecule has 1 aromatic heterocycles. The molecule has 0 saturated heterocycles. The van der Waals surface area contributed by atoms with Crippen LogP contribution in [0.5, 0.6) is 0 Å². The molecule has 0 saturated carbocycles. The van der Waals surface area contributed by atoms with E-state index in [4.69, 9.17) is 5.11 Å². The second kappa shape index (κ2) is 6.83. The third kappa shape index (κ3) is 4.01. The predicted molar refractivity (Wildman–Crippen MR) is 86.2 cm³/mol. The van der Waals surface area contributed by atoms with Crippen LogP contribution in [0.3, 0.4) is 0 Å². The topological polar surface area (TPSA) is 54.1 Å². The molecule has 0 amide bonds. The van der Waals surface area contributed by atoms with Crippen molar-refractivity contribution in [1.82, 2.24) is 4.98 Å². The van der Waals surface area contributed by atoms with E-state index in [1.54, 1.807) is 24.4 Å². The Bertz CT molecular complexity index is 816. The van der Waals surface area contributed by atoms with Crippen molar-refractivity contribution in [2.75, 3.05) is 0 Å². The monoisotopic (exact) mass is 305 g/mol. The molecular weight excluding hydrogens is 288 g/mol. The second-order valence-corrected chi connectivity index (χ2v) is 5.39. The molecular formula is C19H17N2O2+. The number of aromatic nitrogens is 2. The fraction of sp³-hybridized carbons (Fsp3) is 0.105. The van der Waals surface area contributed by atoms with Gasteiger partial charge >= 0.3 is 5.97 Å². The lowest BCUT2D eigenvalue weighted by Crippen LogP contribution is -2.34. The summed E-state index contributed by atoms with van der Waals surface area (Å²) in [5, 5.41) is 9.06. The molecule has 0 bridgehead atoms.